The average Bonchev–Trinajstić information content (AvgIpc) is 3.20. The van der Waals surface area contributed by atoms with E-state index in [1.165, 1.54) is 22.3 Å². The van der Waals surface area contributed by atoms with Crippen LogP contribution < -0.4 is 4.90 Å². The first kappa shape index (κ1) is 18.4. The monoisotopic (exact) mass is 396 g/mol. The van der Waals surface area contributed by atoms with Crippen LogP contribution in [0.1, 0.15) is 23.4 Å². The van der Waals surface area contributed by atoms with Crippen LogP contribution in [0.5, 0.6) is 0 Å². The Kier molecular flexibility index (Phi) is 5.28. The van der Waals surface area contributed by atoms with Crippen LogP contribution in [0.25, 0.3) is 10.2 Å². The van der Waals surface area contributed by atoms with Crippen LogP contribution >= 0.6 is 22.7 Å². The molecule has 2 heterocycles. The molecule has 9 heteroatoms. The standard InChI is InChI=1S/C17H14F2N2O3S2/c1-9-6-7-25-17(9)21(13(22)4-5-14(23)24)8-12-20-11-3-2-10(18)15(19)16(11)26-12/h2-3,6-7H,4-5,8H2,1H3,(H,23,24). The first-order chi connectivity index (χ1) is 12.4. The number of rotatable bonds is 6. The van der Waals surface area contributed by atoms with Crippen LogP contribution in [0, 0.1) is 18.6 Å². The van der Waals surface area contributed by atoms with Gasteiger partial charge in [0.25, 0.3) is 0 Å². The number of hydrogen-bond acceptors (Lipinski definition) is 5. The molecule has 5 nitrogen and oxygen atoms in total. The zero-order valence-corrected chi connectivity index (χ0v) is 15.3. The quantitative estimate of drug-likeness (QED) is 0.673. The van der Waals surface area contributed by atoms with E-state index in [1.54, 1.807) is 0 Å². The Morgan fingerprint density at radius 2 is 2.00 bits per heavy atom. The summed E-state index contributed by atoms with van der Waals surface area (Å²) in [5, 5.41) is 11.8. The predicted octanol–water partition coefficient (Wildman–Crippen LogP) is 4.34. The van der Waals surface area contributed by atoms with E-state index in [-0.39, 0.29) is 30.0 Å². The summed E-state index contributed by atoms with van der Waals surface area (Å²) >= 11 is 2.33. The third-order valence-corrected chi connectivity index (χ3v) is 5.81. The van der Waals surface area contributed by atoms with Gasteiger partial charge in [0, 0.05) is 6.42 Å². The highest BCUT2D eigenvalue weighted by molar-refractivity contribution is 7.18. The number of fused-ring (bicyclic) bond motifs is 1. The molecule has 0 fully saturated rings. The molecule has 26 heavy (non-hydrogen) atoms. The first-order valence-electron chi connectivity index (χ1n) is 7.66. The molecule has 0 aliphatic carbocycles. The lowest BCUT2D eigenvalue weighted by molar-refractivity contribution is -0.138. The molecule has 0 saturated heterocycles. The number of aryl methyl sites for hydroxylation is 1. The van der Waals surface area contributed by atoms with Crippen molar-refractivity contribution in [2.45, 2.75) is 26.3 Å². The van der Waals surface area contributed by atoms with E-state index in [2.05, 4.69) is 4.98 Å². The van der Waals surface area contributed by atoms with Gasteiger partial charge < -0.3 is 5.11 Å². The highest BCUT2D eigenvalue weighted by Crippen LogP contribution is 2.32. The third-order valence-electron chi connectivity index (χ3n) is 3.72. The number of carboxylic acids is 1. The van der Waals surface area contributed by atoms with Crippen molar-refractivity contribution in [3.05, 3.63) is 45.8 Å². The second-order valence-electron chi connectivity index (χ2n) is 5.60. The first-order valence-corrected chi connectivity index (χ1v) is 9.36. The maximum Gasteiger partial charge on any atom is 0.303 e. The highest BCUT2D eigenvalue weighted by atomic mass is 32.1. The molecule has 1 aromatic carbocycles. The SMILES string of the molecule is Cc1ccsc1N(Cc1nc2ccc(F)c(F)c2s1)C(=O)CCC(=O)O. The molecule has 0 bridgehead atoms. The van der Waals surface area contributed by atoms with Crippen molar-refractivity contribution < 1.29 is 23.5 Å². The van der Waals surface area contributed by atoms with Crippen LogP contribution in [0.15, 0.2) is 23.6 Å². The highest BCUT2D eigenvalue weighted by Gasteiger charge is 2.22. The number of thiazole rings is 1. The van der Waals surface area contributed by atoms with Gasteiger partial charge in [0.1, 0.15) is 10.0 Å². The molecule has 0 atom stereocenters. The van der Waals surface area contributed by atoms with Crippen LogP contribution in [-0.4, -0.2) is 22.0 Å². The summed E-state index contributed by atoms with van der Waals surface area (Å²) in [6, 6.07) is 4.26. The average molecular weight is 396 g/mol. The Morgan fingerprint density at radius 3 is 2.65 bits per heavy atom. The lowest BCUT2D eigenvalue weighted by atomic mass is 10.2. The Labute approximate surface area is 155 Å². The molecule has 3 aromatic rings. The number of aromatic nitrogens is 1. The zero-order chi connectivity index (χ0) is 18.8. The third kappa shape index (κ3) is 3.73. The maximum atomic E-state index is 13.9. The maximum absolute atomic E-state index is 13.9. The fourth-order valence-electron chi connectivity index (χ4n) is 2.45. The second kappa shape index (κ2) is 7.46. The normalized spacial score (nSPS) is 11.0. The molecule has 0 unspecified atom stereocenters. The number of carbonyl (C=O) groups is 2. The lowest BCUT2D eigenvalue weighted by Crippen LogP contribution is -2.30. The number of carboxylic acid groups (broad SMARTS) is 1. The van der Waals surface area contributed by atoms with Gasteiger partial charge in [-0.1, -0.05) is 0 Å². The van der Waals surface area contributed by atoms with E-state index in [0.717, 1.165) is 23.0 Å². The van der Waals surface area contributed by atoms with Gasteiger partial charge in [-0.2, -0.15) is 0 Å². The van der Waals surface area contributed by atoms with Crippen molar-refractivity contribution in [1.29, 1.82) is 0 Å². The minimum Gasteiger partial charge on any atom is -0.481 e. The molecule has 0 aliphatic heterocycles. The van der Waals surface area contributed by atoms with Crippen molar-refractivity contribution in [3.8, 4) is 0 Å². The summed E-state index contributed by atoms with van der Waals surface area (Å²) in [4.78, 5) is 29.1. The number of thiophene rings is 1. The summed E-state index contributed by atoms with van der Waals surface area (Å²) in [5.74, 6) is -3.32. The molecule has 136 valence electrons. The smallest absolute Gasteiger partial charge is 0.303 e. The lowest BCUT2D eigenvalue weighted by Gasteiger charge is -2.21. The Hall–Kier alpha value is -2.39. The Morgan fingerprint density at radius 1 is 1.23 bits per heavy atom. The number of carbonyl (C=O) groups excluding carboxylic acids is 1. The molecule has 0 saturated carbocycles. The number of aliphatic carboxylic acids is 1. The molecule has 0 aliphatic rings. The van der Waals surface area contributed by atoms with E-state index in [4.69, 9.17) is 5.11 Å². The fraction of sp³-hybridized carbons (Fsp3) is 0.235. The van der Waals surface area contributed by atoms with E-state index in [9.17, 15) is 18.4 Å². The topological polar surface area (TPSA) is 70.5 Å². The van der Waals surface area contributed by atoms with E-state index < -0.39 is 17.6 Å². The van der Waals surface area contributed by atoms with E-state index in [1.807, 2.05) is 18.4 Å². The molecular formula is C17H14F2N2O3S2. The van der Waals surface area contributed by atoms with Crippen molar-refractivity contribution in [1.82, 2.24) is 4.98 Å². The van der Waals surface area contributed by atoms with Crippen molar-refractivity contribution in [3.63, 3.8) is 0 Å². The number of halogens is 2. The molecule has 1 amide bonds. The van der Waals surface area contributed by atoms with Crippen LogP contribution in [0.2, 0.25) is 0 Å². The molecule has 0 spiro atoms. The number of benzene rings is 1. The van der Waals surface area contributed by atoms with Crippen LogP contribution in [0.3, 0.4) is 0 Å². The van der Waals surface area contributed by atoms with Crippen LogP contribution in [-0.2, 0) is 16.1 Å². The molecule has 1 N–H and O–H groups in total. The van der Waals surface area contributed by atoms with E-state index in [0.29, 0.717) is 15.5 Å². The van der Waals surface area contributed by atoms with Gasteiger partial charge in [0.05, 0.1) is 23.2 Å². The molecule has 3 rings (SSSR count). The Bertz CT molecular complexity index is 984. The van der Waals surface area contributed by atoms with Gasteiger partial charge in [-0.05, 0) is 36.1 Å². The van der Waals surface area contributed by atoms with Gasteiger partial charge in [0.15, 0.2) is 11.6 Å². The number of nitrogens with zero attached hydrogens (tertiary/aromatic N) is 2. The minimum atomic E-state index is -1.06. The van der Waals surface area contributed by atoms with Crippen molar-refractivity contribution >= 4 is 49.8 Å². The summed E-state index contributed by atoms with van der Waals surface area (Å²) < 4.78 is 27.4. The predicted molar refractivity (Wildman–Crippen MR) is 96.7 cm³/mol. The van der Waals surface area contributed by atoms with Gasteiger partial charge in [-0.15, -0.1) is 22.7 Å². The number of anilines is 1. The van der Waals surface area contributed by atoms with Gasteiger partial charge in [0.2, 0.25) is 5.91 Å². The van der Waals surface area contributed by atoms with Gasteiger partial charge >= 0.3 is 5.97 Å². The van der Waals surface area contributed by atoms with Gasteiger partial charge in [-0.25, -0.2) is 13.8 Å². The Balaban J connectivity index is 1.93. The molecule has 2 aromatic heterocycles. The van der Waals surface area contributed by atoms with Crippen LogP contribution in [0.4, 0.5) is 13.8 Å². The fourth-order valence-corrected chi connectivity index (χ4v) is 4.38. The summed E-state index contributed by atoms with van der Waals surface area (Å²) in [6.07, 6.45) is -0.431. The van der Waals surface area contributed by atoms with Crippen molar-refractivity contribution in [2.75, 3.05) is 4.90 Å². The second-order valence-corrected chi connectivity index (χ2v) is 7.58. The molecular weight excluding hydrogens is 382 g/mol. The van der Waals surface area contributed by atoms with Gasteiger partial charge in [-0.3, -0.25) is 14.5 Å². The minimum absolute atomic E-state index is 0.0697. The summed E-state index contributed by atoms with van der Waals surface area (Å²) in [7, 11) is 0. The number of amides is 1. The summed E-state index contributed by atoms with van der Waals surface area (Å²) in [6.45, 7) is 1.91. The molecule has 0 radical (unpaired) electrons. The van der Waals surface area contributed by atoms with E-state index >= 15 is 0 Å². The van der Waals surface area contributed by atoms with Crippen molar-refractivity contribution in [2.24, 2.45) is 0 Å². The summed E-state index contributed by atoms with van der Waals surface area (Å²) in [5.41, 5.74) is 1.20. The zero-order valence-electron chi connectivity index (χ0n) is 13.7. The largest absolute Gasteiger partial charge is 0.481 e. The number of hydrogen-bond donors (Lipinski definition) is 1.